The van der Waals surface area contributed by atoms with E-state index in [0.717, 1.165) is 74.3 Å². The average molecular weight is 503 g/mol. The Morgan fingerprint density at radius 1 is 1.22 bits per heavy atom. The van der Waals surface area contributed by atoms with Gasteiger partial charge >= 0.3 is 5.97 Å². The second-order valence-corrected chi connectivity index (χ2v) is 10.8. The molecule has 0 saturated heterocycles. The molecule has 0 bridgehead atoms. The summed E-state index contributed by atoms with van der Waals surface area (Å²) in [6.07, 6.45) is 14.0. The number of aromatic nitrogens is 1. The topological polar surface area (TPSA) is 87.4 Å². The van der Waals surface area contributed by atoms with Crippen LogP contribution in [0.2, 0.25) is 0 Å². The highest BCUT2D eigenvalue weighted by Gasteiger charge is 2.48. The Hall–Kier alpha value is -3.22. The van der Waals surface area contributed by atoms with E-state index in [1.807, 2.05) is 31.3 Å². The molecule has 7 heteroatoms. The Labute approximate surface area is 219 Å². The van der Waals surface area contributed by atoms with Gasteiger partial charge < -0.3 is 14.7 Å². The number of aliphatic hydroxyl groups is 1. The van der Waals surface area contributed by atoms with Crippen molar-refractivity contribution >= 4 is 17.6 Å². The van der Waals surface area contributed by atoms with Gasteiger partial charge in [0.1, 0.15) is 11.4 Å². The van der Waals surface area contributed by atoms with Gasteiger partial charge in [-0.05, 0) is 82.1 Å². The van der Waals surface area contributed by atoms with Crippen LogP contribution < -0.4 is 0 Å². The number of fused-ring (bicyclic) bond motifs is 1. The largest absolute Gasteiger partial charge is 0.512 e. The van der Waals surface area contributed by atoms with E-state index in [2.05, 4.69) is 34.8 Å². The van der Waals surface area contributed by atoms with E-state index >= 15 is 0 Å². The van der Waals surface area contributed by atoms with Crippen LogP contribution in [0.4, 0.5) is 0 Å². The lowest BCUT2D eigenvalue weighted by atomic mass is 9.76. The van der Waals surface area contributed by atoms with Crippen LogP contribution in [0.15, 0.2) is 63.2 Å². The summed E-state index contributed by atoms with van der Waals surface area (Å²) >= 11 is 0. The number of allylic oxidation sites excluding steroid dienone is 3. The Morgan fingerprint density at radius 2 is 2.03 bits per heavy atom. The second-order valence-electron chi connectivity index (χ2n) is 10.8. The van der Waals surface area contributed by atoms with Gasteiger partial charge in [-0.15, -0.1) is 0 Å². The van der Waals surface area contributed by atoms with Gasteiger partial charge in [-0.3, -0.25) is 4.98 Å². The molecule has 1 aromatic heterocycles. The molecule has 0 radical (unpaired) electrons. The van der Waals surface area contributed by atoms with Crippen molar-refractivity contribution < 1.29 is 14.6 Å². The number of hydrogen-bond donors (Lipinski definition) is 1. The third-order valence-electron chi connectivity index (χ3n) is 8.25. The number of cyclic esters (lactones) is 1. The monoisotopic (exact) mass is 502 g/mol. The van der Waals surface area contributed by atoms with Crippen molar-refractivity contribution in [2.75, 3.05) is 6.54 Å². The fourth-order valence-corrected chi connectivity index (χ4v) is 6.19. The summed E-state index contributed by atoms with van der Waals surface area (Å²) < 4.78 is 6.33. The quantitative estimate of drug-likeness (QED) is 0.464. The molecule has 1 atom stereocenters. The van der Waals surface area contributed by atoms with Crippen LogP contribution in [-0.2, 0) is 22.4 Å². The zero-order valence-electron chi connectivity index (χ0n) is 22.3. The Balaban J connectivity index is 1.38. The Morgan fingerprint density at radius 3 is 2.78 bits per heavy atom. The number of carbonyl (C=O) groups is 1. The molecule has 196 valence electrons. The molecule has 4 heterocycles. The van der Waals surface area contributed by atoms with Crippen LogP contribution >= 0.6 is 0 Å². The predicted octanol–water partition coefficient (Wildman–Crippen LogP) is 5.98. The summed E-state index contributed by atoms with van der Waals surface area (Å²) in [6, 6.07) is 4.18. The van der Waals surface area contributed by atoms with Gasteiger partial charge in [0.25, 0.3) is 0 Å². The van der Waals surface area contributed by atoms with Crippen molar-refractivity contribution in [2.24, 2.45) is 15.9 Å². The first kappa shape index (κ1) is 25.4. The van der Waals surface area contributed by atoms with Crippen molar-refractivity contribution in [3.05, 3.63) is 64.5 Å². The third-order valence-corrected chi connectivity index (χ3v) is 8.25. The number of carbonyl (C=O) groups excluding carboxylic acids is 1. The number of hydrogen-bond acceptors (Lipinski definition) is 7. The number of rotatable bonds is 7. The molecule has 1 N–H and O–H groups in total. The average Bonchev–Trinajstić information content (AvgIpc) is 3.34. The van der Waals surface area contributed by atoms with E-state index < -0.39 is 11.6 Å². The van der Waals surface area contributed by atoms with Gasteiger partial charge in [-0.25, -0.2) is 14.8 Å². The Kier molecular flexibility index (Phi) is 7.31. The van der Waals surface area contributed by atoms with Crippen LogP contribution in [0, 0.1) is 5.92 Å². The van der Waals surface area contributed by atoms with Crippen LogP contribution in [0.1, 0.15) is 83.4 Å². The van der Waals surface area contributed by atoms with Crippen LogP contribution in [0.25, 0.3) is 0 Å². The number of aliphatic imine (C=N–C) groups is 2. The molecular weight excluding hydrogens is 464 g/mol. The van der Waals surface area contributed by atoms with Crippen molar-refractivity contribution in [1.29, 1.82) is 0 Å². The number of ether oxygens (including phenoxy) is 1. The van der Waals surface area contributed by atoms with Gasteiger partial charge in [-0.2, -0.15) is 0 Å². The molecule has 0 aromatic carbocycles. The molecule has 37 heavy (non-hydrogen) atoms. The molecule has 0 amide bonds. The van der Waals surface area contributed by atoms with Gasteiger partial charge in [0.2, 0.25) is 5.96 Å². The number of esters is 1. The highest BCUT2D eigenvalue weighted by Crippen LogP contribution is 2.46. The maximum atomic E-state index is 13.5. The molecule has 0 spiro atoms. The van der Waals surface area contributed by atoms with Gasteiger partial charge in [0, 0.05) is 48.4 Å². The number of nitrogens with zero attached hydrogens (tertiary/aromatic N) is 4. The fourth-order valence-electron chi connectivity index (χ4n) is 6.19. The molecule has 5 rings (SSSR count). The molecular formula is C30H38N4O3. The summed E-state index contributed by atoms with van der Waals surface area (Å²) in [4.78, 5) is 29.5. The van der Waals surface area contributed by atoms with Crippen LogP contribution in [-0.4, -0.2) is 44.8 Å². The minimum absolute atomic E-state index is 0.153. The van der Waals surface area contributed by atoms with Crippen molar-refractivity contribution in [3.8, 4) is 0 Å². The molecule has 1 saturated carbocycles. The second kappa shape index (κ2) is 10.6. The molecule has 7 nitrogen and oxygen atoms in total. The highest BCUT2D eigenvalue weighted by atomic mass is 16.6. The first-order valence-electron chi connectivity index (χ1n) is 13.7. The lowest BCUT2D eigenvalue weighted by Gasteiger charge is -2.41. The van der Waals surface area contributed by atoms with Crippen molar-refractivity contribution in [1.82, 2.24) is 9.88 Å². The molecule has 4 aliphatic rings. The molecule has 1 unspecified atom stereocenters. The van der Waals surface area contributed by atoms with E-state index in [9.17, 15) is 9.90 Å². The van der Waals surface area contributed by atoms with E-state index in [-0.39, 0.29) is 18.1 Å². The third kappa shape index (κ3) is 5.41. The number of aliphatic hydroxyl groups excluding tert-OH is 1. The summed E-state index contributed by atoms with van der Waals surface area (Å²) in [5, 5.41) is 11.3. The zero-order chi connectivity index (χ0) is 26.0. The molecule has 1 aliphatic carbocycles. The molecule has 3 aliphatic heterocycles. The van der Waals surface area contributed by atoms with Gasteiger partial charge in [0.15, 0.2) is 0 Å². The van der Waals surface area contributed by atoms with E-state index in [1.165, 1.54) is 5.56 Å². The molecule has 1 fully saturated rings. The lowest BCUT2D eigenvalue weighted by molar-refractivity contribution is -0.167. The van der Waals surface area contributed by atoms with Gasteiger partial charge in [-0.1, -0.05) is 25.8 Å². The number of pyridine rings is 1. The van der Waals surface area contributed by atoms with Crippen molar-refractivity contribution in [2.45, 2.75) is 90.6 Å². The van der Waals surface area contributed by atoms with E-state index in [1.54, 1.807) is 0 Å². The smallest absolute Gasteiger partial charge is 0.338 e. The number of aryl methyl sites for hydroxylation is 2. The summed E-state index contributed by atoms with van der Waals surface area (Å²) in [6.45, 7) is 6.94. The van der Waals surface area contributed by atoms with E-state index in [0.29, 0.717) is 24.4 Å². The molecule has 1 aromatic rings. The maximum absolute atomic E-state index is 13.5. The van der Waals surface area contributed by atoms with Crippen LogP contribution in [0.3, 0.4) is 0 Å². The highest BCUT2D eigenvalue weighted by molar-refractivity contribution is 6.05. The number of guanidine groups is 1. The van der Waals surface area contributed by atoms with Gasteiger partial charge in [0.05, 0.1) is 5.57 Å². The fraction of sp³-hybridized carbons (Fsp3) is 0.533. The minimum Gasteiger partial charge on any atom is -0.512 e. The zero-order valence-corrected chi connectivity index (χ0v) is 22.3. The predicted molar refractivity (Wildman–Crippen MR) is 145 cm³/mol. The lowest BCUT2D eigenvalue weighted by Crippen LogP contribution is -2.46. The Bertz CT molecular complexity index is 1220. The standard InChI is InChI=1S/C30H38N4O3/c1-4-22-12-14-31-24(17-22)11-13-30(23-8-5-6-9-23)19-27(35)26(28(36)37-30)18-25-10-7-15-34-21(3)16-20(2)32-29(34)33-25/h10,12,14,16-17,23,35H,4-9,11,13,15,18-19H2,1-3H3. The first-order chi connectivity index (χ1) is 17.9. The van der Waals surface area contributed by atoms with Crippen molar-refractivity contribution in [3.63, 3.8) is 0 Å². The summed E-state index contributed by atoms with van der Waals surface area (Å²) in [7, 11) is 0. The summed E-state index contributed by atoms with van der Waals surface area (Å²) in [5.74, 6) is 0.648. The SMILES string of the molecule is CCc1ccnc(CCC2(C3CCCC3)CC(O)=C(CC3=CCCN4C(C)=CC(C)=NC4=N3)C(=O)O2)c1. The first-order valence-corrected chi connectivity index (χ1v) is 13.7. The normalized spacial score (nSPS) is 24.6. The minimum atomic E-state index is -0.682. The van der Waals surface area contributed by atoms with Crippen LogP contribution in [0.5, 0.6) is 0 Å². The van der Waals surface area contributed by atoms with E-state index in [4.69, 9.17) is 9.73 Å². The maximum Gasteiger partial charge on any atom is 0.338 e. The summed E-state index contributed by atoms with van der Waals surface area (Å²) in [5.41, 5.74) is 4.68.